The van der Waals surface area contributed by atoms with Crippen molar-refractivity contribution in [1.82, 2.24) is 10.6 Å². The largest absolute Gasteiger partial charge is 0.467 e. The van der Waals surface area contributed by atoms with Gasteiger partial charge in [0.1, 0.15) is 6.04 Å². The van der Waals surface area contributed by atoms with E-state index in [0.717, 1.165) is 32.1 Å². The van der Waals surface area contributed by atoms with Crippen molar-refractivity contribution in [2.75, 3.05) is 14.2 Å². The zero-order valence-corrected chi connectivity index (χ0v) is 14.7. The molecule has 0 saturated heterocycles. The Morgan fingerprint density at radius 3 is 1.95 bits per heavy atom. The average molecular weight is 353 g/mol. The van der Waals surface area contributed by atoms with Crippen LogP contribution in [0.3, 0.4) is 0 Å². The zero-order chi connectivity index (χ0) is 14.7. The molecule has 0 bridgehead atoms. The van der Waals surface area contributed by atoms with Gasteiger partial charge in [0.05, 0.1) is 13.2 Å². The number of halogens is 1. The quantitative estimate of drug-likeness (QED) is 0.591. The third kappa shape index (κ3) is 8.53. The predicted molar refractivity (Wildman–Crippen MR) is 86.2 cm³/mol. The zero-order valence-electron chi connectivity index (χ0n) is 13.0. The summed E-state index contributed by atoms with van der Waals surface area (Å²) in [6, 6.07) is -0.774. The van der Waals surface area contributed by atoms with E-state index in [4.69, 9.17) is 4.74 Å². The molecule has 5 nitrogen and oxygen atoms in total. The van der Waals surface area contributed by atoms with E-state index >= 15 is 0 Å². The fourth-order valence-corrected chi connectivity index (χ4v) is 1.89. The lowest BCUT2D eigenvalue weighted by Gasteiger charge is -2.20. The molecular formula is C14H29BrN2O3. The van der Waals surface area contributed by atoms with Crippen molar-refractivity contribution in [2.45, 2.75) is 64.5 Å². The topological polar surface area (TPSA) is 67.4 Å². The van der Waals surface area contributed by atoms with Gasteiger partial charge in [0, 0.05) is 0 Å². The predicted octanol–water partition coefficient (Wildman–Crippen LogP) is 2.19. The number of carbonyl (C=O) groups is 2. The number of amides is 1. The van der Waals surface area contributed by atoms with Crippen LogP contribution in [0.4, 0.5) is 0 Å². The van der Waals surface area contributed by atoms with Crippen molar-refractivity contribution in [1.29, 1.82) is 0 Å². The van der Waals surface area contributed by atoms with Crippen LogP contribution in [0.2, 0.25) is 0 Å². The summed E-state index contributed by atoms with van der Waals surface area (Å²) >= 11 is 0. The van der Waals surface area contributed by atoms with E-state index in [1.807, 2.05) is 6.92 Å². The Bertz CT molecular complexity index is 275. The number of hydrogen-bond acceptors (Lipinski definition) is 4. The summed E-state index contributed by atoms with van der Waals surface area (Å²) in [5.41, 5.74) is 0. The second kappa shape index (κ2) is 13.4. The Balaban J connectivity index is 0. The molecule has 0 radical (unpaired) electrons. The SMILES string of the molecule is Br.CCCC[C@H](NC)C(=O)N[C@@H](CCCC)C(=O)OC. The summed E-state index contributed by atoms with van der Waals surface area (Å²) < 4.78 is 4.73. The first-order valence-electron chi connectivity index (χ1n) is 7.16. The van der Waals surface area contributed by atoms with Gasteiger partial charge in [-0.25, -0.2) is 4.79 Å². The number of unbranched alkanes of at least 4 members (excludes halogenated alkanes) is 2. The lowest BCUT2D eigenvalue weighted by Crippen LogP contribution is -2.49. The summed E-state index contributed by atoms with van der Waals surface area (Å²) in [6.45, 7) is 4.14. The highest BCUT2D eigenvalue weighted by Crippen LogP contribution is 2.05. The molecule has 0 aliphatic heterocycles. The van der Waals surface area contributed by atoms with Crippen molar-refractivity contribution in [3.63, 3.8) is 0 Å². The Hall–Kier alpha value is -0.620. The highest BCUT2D eigenvalue weighted by molar-refractivity contribution is 8.93. The van der Waals surface area contributed by atoms with E-state index in [9.17, 15) is 9.59 Å². The standard InChI is InChI=1S/C14H28N2O3.BrH/c1-5-7-9-11(15-3)13(17)16-12(10-8-6-2)14(18)19-4;/h11-12,15H,5-10H2,1-4H3,(H,16,17);1H/t11-,12-;/m0./s1. The summed E-state index contributed by atoms with van der Waals surface area (Å²) in [4.78, 5) is 23.7. The number of carbonyl (C=O) groups excluding carboxylic acids is 2. The molecule has 0 aromatic carbocycles. The van der Waals surface area contributed by atoms with Gasteiger partial charge in [0.25, 0.3) is 0 Å². The minimum Gasteiger partial charge on any atom is -0.467 e. The highest BCUT2D eigenvalue weighted by atomic mass is 79.9. The summed E-state index contributed by atoms with van der Waals surface area (Å²) in [6.07, 6.45) is 5.30. The first-order valence-corrected chi connectivity index (χ1v) is 7.16. The maximum atomic E-state index is 12.1. The molecule has 2 N–H and O–H groups in total. The van der Waals surface area contributed by atoms with Crippen molar-refractivity contribution in [3.8, 4) is 0 Å². The summed E-state index contributed by atoms with van der Waals surface area (Å²) in [5.74, 6) is -0.491. The third-order valence-corrected chi connectivity index (χ3v) is 3.16. The molecule has 0 rings (SSSR count). The van der Waals surface area contributed by atoms with E-state index in [1.165, 1.54) is 7.11 Å². The van der Waals surface area contributed by atoms with Crippen LogP contribution in [-0.4, -0.2) is 38.1 Å². The third-order valence-electron chi connectivity index (χ3n) is 3.16. The molecular weight excluding hydrogens is 324 g/mol. The second-order valence-electron chi connectivity index (χ2n) is 4.71. The normalized spacial score (nSPS) is 13.0. The van der Waals surface area contributed by atoms with Crippen LogP contribution in [0, 0.1) is 0 Å². The van der Waals surface area contributed by atoms with Gasteiger partial charge in [0.2, 0.25) is 5.91 Å². The Morgan fingerprint density at radius 2 is 1.55 bits per heavy atom. The summed E-state index contributed by atoms with van der Waals surface area (Å²) in [5, 5.41) is 5.78. The van der Waals surface area contributed by atoms with Crippen LogP contribution >= 0.6 is 17.0 Å². The van der Waals surface area contributed by atoms with Gasteiger partial charge in [-0.3, -0.25) is 4.79 Å². The number of methoxy groups -OCH3 is 1. The molecule has 2 atom stereocenters. The monoisotopic (exact) mass is 352 g/mol. The molecule has 0 heterocycles. The second-order valence-corrected chi connectivity index (χ2v) is 4.71. The molecule has 1 amide bonds. The van der Waals surface area contributed by atoms with Crippen LogP contribution in [0.5, 0.6) is 0 Å². The lowest BCUT2D eigenvalue weighted by molar-refractivity contribution is -0.145. The highest BCUT2D eigenvalue weighted by Gasteiger charge is 2.24. The van der Waals surface area contributed by atoms with Crippen LogP contribution in [0.1, 0.15) is 52.4 Å². The van der Waals surface area contributed by atoms with E-state index in [1.54, 1.807) is 7.05 Å². The number of hydrogen-bond donors (Lipinski definition) is 2. The van der Waals surface area contributed by atoms with Gasteiger partial charge in [0.15, 0.2) is 0 Å². The molecule has 0 fully saturated rings. The molecule has 0 aliphatic rings. The molecule has 0 aromatic heterocycles. The number of ether oxygens (including phenoxy) is 1. The molecule has 120 valence electrons. The van der Waals surface area contributed by atoms with Gasteiger partial charge in [-0.05, 0) is 19.9 Å². The van der Waals surface area contributed by atoms with Crippen LogP contribution < -0.4 is 10.6 Å². The Kier molecular flexibility index (Phi) is 14.5. The van der Waals surface area contributed by atoms with Crippen LogP contribution in [0.25, 0.3) is 0 Å². The summed E-state index contributed by atoms with van der Waals surface area (Å²) in [7, 11) is 3.11. The van der Waals surface area contributed by atoms with E-state index in [2.05, 4.69) is 17.6 Å². The number of rotatable bonds is 10. The molecule has 20 heavy (non-hydrogen) atoms. The molecule has 0 aromatic rings. The van der Waals surface area contributed by atoms with Gasteiger partial charge >= 0.3 is 5.97 Å². The minimum absolute atomic E-state index is 0. The number of esters is 1. The first kappa shape index (κ1) is 21.7. The smallest absolute Gasteiger partial charge is 0.328 e. The van der Waals surface area contributed by atoms with Crippen LogP contribution in [0.15, 0.2) is 0 Å². The number of likely N-dealkylation sites (N-methyl/N-ethyl adjacent to an activating group) is 1. The lowest BCUT2D eigenvalue weighted by atomic mass is 10.1. The fourth-order valence-electron chi connectivity index (χ4n) is 1.89. The van der Waals surface area contributed by atoms with Crippen molar-refractivity contribution in [2.24, 2.45) is 0 Å². The van der Waals surface area contributed by atoms with E-state index < -0.39 is 6.04 Å². The van der Waals surface area contributed by atoms with Crippen molar-refractivity contribution in [3.05, 3.63) is 0 Å². The van der Waals surface area contributed by atoms with Gasteiger partial charge in [-0.15, -0.1) is 17.0 Å². The van der Waals surface area contributed by atoms with Gasteiger partial charge in [-0.1, -0.05) is 39.5 Å². The first-order chi connectivity index (χ1) is 9.10. The number of nitrogens with one attached hydrogen (secondary N) is 2. The van der Waals surface area contributed by atoms with Crippen LogP contribution in [-0.2, 0) is 14.3 Å². The molecule has 0 spiro atoms. The Morgan fingerprint density at radius 1 is 1.05 bits per heavy atom. The molecule has 0 saturated carbocycles. The van der Waals surface area contributed by atoms with E-state index in [0.29, 0.717) is 6.42 Å². The minimum atomic E-state index is -0.532. The Labute approximate surface area is 133 Å². The molecule has 0 unspecified atom stereocenters. The van der Waals surface area contributed by atoms with Crippen molar-refractivity contribution >= 4 is 28.9 Å². The maximum absolute atomic E-state index is 12.1. The molecule has 0 aliphatic carbocycles. The van der Waals surface area contributed by atoms with Crippen molar-refractivity contribution < 1.29 is 14.3 Å². The van der Waals surface area contributed by atoms with E-state index in [-0.39, 0.29) is 34.9 Å². The fraction of sp³-hybridized carbons (Fsp3) is 0.857. The average Bonchev–Trinajstić information content (AvgIpc) is 2.43. The maximum Gasteiger partial charge on any atom is 0.328 e. The van der Waals surface area contributed by atoms with Gasteiger partial charge < -0.3 is 15.4 Å². The van der Waals surface area contributed by atoms with Gasteiger partial charge in [-0.2, -0.15) is 0 Å². The molecule has 6 heteroatoms.